The molecular formula is C21H18ClN3O4S. The molecule has 1 aliphatic rings. The maximum atomic E-state index is 13.2. The molecule has 9 heteroatoms. The smallest absolute Gasteiger partial charge is 0.274 e. The van der Waals surface area contributed by atoms with Gasteiger partial charge in [-0.2, -0.15) is 5.10 Å². The lowest BCUT2D eigenvalue weighted by Crippen LogP contribution is -2.26. The van der Waals surface area contributed by atoms with Crippen LogP contribution in [0.4, 0.5) is 5.69 Å². The van der Waals surface area contributed by atoms with Crippen LogP contribution in [0.5, 0.6) is 0 Å². The first-order valence-corrected chi connectivity index (χ1v) is 11.4. The Hall–Kier alpha value is -3.10. The molecule has 1 atom stereocenters. The average Bonchev–Trinajstić information content (AvgIpc) is 3.36. The van der Waals surface area contributed by atoms with Crippen molar-refractivity contribution >= 4 is 38.9 Å². The van der Waals surface area contributed by atoms with E-state index >= 15 is 0 Å². The number of halogens is 1. The zero-order valence-electron chi connectivity index (χ0n) is 15.9. The number of rotatable bonds is 5. The summed E-state index contributed by atoms with van der Waals surface area (Å²) in [5.74, 6) is 0.300. The van der Waals surface area contributed by atoms with E-state index in [2.05, 4.69) is 9.82 Å². The van der Waals surface area contributed by atoms with E-state index in [1.165, 1.54) is 5.01 Å². The van der Waals surface area contributed by atoms with E-state index in [0.29, 0.717) is 39.7 Å². The molecule has 2 aromatic carbocycles. The van der Waals surface area contributed by atoms with Gasteiger partial charge in [0.1, 0.15) is 11.8 Å². The van der Waals surface area contributed by atoms with Crippen LogP contribution >= 0.6 is 11.6 Å². The van der Waals surface area contributed by atoms with Crippen LogP contribution < -0.4 is 4.72 Å². The zero-order valence-corrected chi connectivity index (χ0v) is 17.5. The molecule has 30 heavy (non-hydrogen) atoms. The summed E-state index contributed by atoms with van der Waals surface area (Å²) in [6.45, 7) is 0. The summed E-state index contributed by atoms with van der Waals surface area (Å²) in [6, 6.07) is 16.7. The highest BCUT2D eigenvalue weighted by atomic mass is 35.5. The van der Waals surface area contributed by atoms with Gasteiger partial charge in [-0.3, -0.25) is 9.52 Å². The predicted octanol–water partition coefficient (Wildman–Crippen LogP) is 4.30. The second-order valence-corrected chi connectivity index (χ2v) is 9.08. The maximum absolute atomic E-state index is 13.2. The highest BCUT2D eigenvalue weighted by Gasteiger charge is 2.35. The van der Waals surface area contributed by atoms with Crippen molar-refractivity contribution in [1.29, 1.82) is 0 Å². The minimum Gasteiger partial charge on any atom is -0.467 e. The molecule has 0 spiro atoms. The number of sulfonamides is 1. The Morgan fingerprint density at radius 1 is 1.17 bits per heavy atom. The Morgan fingerprint density at radius 3 is 2.67 bits per heavy atom. The molecule has 7 nitrogen and oxygen atoms in total. The van der Waals surface area contributed by atoms with E-state index < -0.39 is 16.1 Å². The largest absolute Gasteiger partial charge is 0.467 e. The Kier molecular flexibility index (Phi) is 5.36. The number of nitrogens with one attached hydrogen (secondary N) is 1. The summed E-state index contributed by atoms with van der Waals surface area (Å²) in [7, 11) is -3.41. The number of benzene rings is 2. The number of carbonyl (C=O) groups is 1. The zero-order chi connectivity index (χ0) is 21.3. The van der Waals surface area contributed by atoms with Crippen LogP contribution in [-0.4, -0.2) is 31.3 Å². The van der Waals surface area contributed by atoms with Gasteiger partial charge in [-0.15, -0.1) is 0 Å². The van der Waals surface area contributed by atoms with Crippen molar-refractivity contribution in [2.45, 2.75) is 12.5 Å². The van der Waals surface area contributed by atoms with Crippen molar-refractivity contribution in [2.75, 3.05) is 11.0 Å². The molecule has 154 valence electrons. The van der Waals surface area contributed by atoms with Gasteiger partial charge < -0.3 is 4.42 Å². The van der Waals surface area contributed by atoms with Crippen molar-refractivity contribution in [3.63, 3.8) is 0 Å². The molecule has 0 saturated heterocycles. The first-order valence-electron chi connectivity index (χ1n) is 9.08. The molecular weight excluding hydrogens is 426 g/mol. The number of hydrogen-bond acceptors (Lipinski definition) is 5. The summed E-state index contributed by atoms with van der Waals surface area (Å²) >= 11 is 6.05. The molecule has 3 aromatic rings. The molecule has 0 aliphatic carbocycles. The number of amides is 1. The van der Waals surface area contributed by atoms with E-state index in [9.17, 15) is 13.2 Å². The second-order valence-electron chi connectivity index (χ2n) is 6.90. The summed E-state index contributed by atoms with van der Waals surface area (Å²) < 4.78 is 31.1. The molecule has 1 aliphatic heterocycles. The van der Waals surface area contributed by atoms with Gasteiger partial charge in [-0.05, 0) is 48.0 Å². The number of carbonyl (C=O) groups excluding carboxylic acids is 1. The van der Waals surface area contributed by atoms with Crippen LogP contribution in [0.2, 0.25) is 5.02 Å². The molecule has 1 aromatic heterocycles. The predicted molar refractivity (Wildman–Crippen MR) is 115 cm³/mol. The molecule has 0 fully saturated rings. The third-order valence-corrected chi connectivity index (χ3v) is 5.40. The van der Waals surface area contributed by atoms with Crippen LogP contribution in [0.15, 0.2) is 76.4 Å². The van der Waals surface area contributed by atoms with Gasteiger partial charge in [0.25, 0.3) is 5.91 Å². The minimum absolute atomic E-state index is 0.306. The molecule has 1 amide bonds. The van der Waals surface area contributed by atoms with Crippen molar-refractivity contribution in [3.05, 3.63) is 88.8 Å². The Labute approximate surface area is 179 Å². The molecule has 0 saturated carbocycles. The Morgan fingerprint density at radius 2 is 1.97 bits per heavy atom. The van der Waals surface area contributed by atoms with Crippen molar-refractivity contribution in [3.8, 4) is 0 Å². The van der Waals surface area contributed by atoms with Crippen LogP contribution in [-0.2, 0) is 10.0 Å². The monoisotopic (exact) mass is 443 g/mol. The van der Waals surface area contributed by atoms with Gasteiger partial charge in [0.2, 0.25) is 10.0 Å². The van der Waals surface area contributed by atoms with Crippen molar-refractivity contribution in [2.24, 2.45) is 5.10 Å². The van der Waals surface area contributed by atoms with Gasteiger partial charge in [-0.25, -0.2) is 13.4 Å². The van der Waals surface area contributed by atoms with Crippen LogP contribution in [0.3, 0.4) is 0 Å². The Bertz CT molecular complexity index is 1220. The number of hydrazone groups is 1. The van der Waals surface area contributed by atoms with E-state index in [1.807, 2.05) is 6.07 Å². The van der Waals surface area contributed by atoms with Gasteiger partial charge in [0.15, 0.2) is 0 Å². The fourth-order valence-corrected chi connectivity index (χ4v) is 4.05. The number of anilines is 1. The average molecular weight is 444 g/mol. The third kappa shape index (κ3) is 4.39. The van der Waals surface area contributed by atoms with Crippen molar-refractivity contribution in [1.82, 2.24) is 5.01 Å². The lowest BCUT2D eigenvalue weighted by atomic mass is 10.0. The molecule has 0 radical (unpaired) electrons. The first kappa shape index (κ1) is 20.2. The topological polar surface area (TPSA) is 92.0 Å². The number of hydrogen-bond donors (Lipinski definition) is 1. The second kappa shape index (κ2) is 7.97. The molecule has 0 bridgehead atoms. The number of furan rings is 1. The third-order valence-electron chi connectivity index (χ3n) is 4.56. The van der Waals surface area contributed by atoms with Crippen molar-refractivity contribution < 1.29 is 17.6 Å². The minimum atomic E-state index is -3.41. The SMILES string of the molecule is CS(=O)(=O)Nc1cccc(C2=NN(C(=O)c3cccc(Cl)c3)[C@H](c3ccco3)C2)c1. The first-order chi connectivity index (χ1) is 14.3. The quantitative estimate of drug-likeness (QED) is 0.636. The summed E-state index contributed by atoms with van der Waals surface area (Å²) in [6.07, 6.45) is 3.05. The summed E-state index contributed by atoms with van der Waals surface area (Å²) in [4.78, 5) is 13.2. The van der Waals surface area contributed by atoms with Gasteiger partial charge in [-0.1, -0.05) is 29.8 Å². The van der Waals surface area contributed by atoms with Gasteiger partial charge in [0, 0.05) is 22.7 Å². The Balaban J connectivity index is 1.70. The molecule has 1 N–H and O–H groups in total. The molecule has 4 rings (SSSR count). The van der Waals surface area contributed by atoms with Crippen LogP contribution in [0.1, 0.15) is 34.1 Å². The lowest BCUT2D eigenvalue weighted by molar-refractivity contribution is 0.0693. The number of nitrogens with zero attached hydrogens (tertiary/aromatic N) is 2. The fourth-order valence-electron chi connectivity index (χ4n) is 3.30. The highest BCUT2D eigenvalue weighted by Crippen LogP contribution is 2.34. The maximum Gasteiger partial charge on any atom is 0.274 e. The normalized spacial score (nSPS) is 16.4. The standard InChI is InChI=1S/C21H18ClN3O4S/c1-30(27,28)24-17-8-3-5-14(12-17)18-13-19(20-9-4-10-29-20)25(23-18)21(26)15-6-2-7-16(22)11-15/h2-12,19,24H,13H2,1H3/t19-/m0/s1. The van der Waals surface area contributed by atoms with E-state index in [-0.39, 0.29) is 5.91 Å². The summed E-state index contributed by atoms with van der Waals surface area (Å²) in [5, 5.41) is 6.40. The van der Waals surface area contributed by atoms with E-state index in [0.717, 1.165) is 6.26 Å². The highest BCUT2D eigenvalue weighted by molar-refractivity contribution is 7.92. The lowest BCUT2D eigenvalue weighted by Gasteiger charge is -2.20. The van der Waals surface area contributed by atoms with E-state index in [1.54, 1.807) is 60.9 Å². The molecule has 0 unspecified atom stereocenters. The van der Waals surface area contributed by atoms with Gasteiger partial charge in [0.05, 0.1) is 18.2 Å². The van der Waals surface area contributed by atoms with Crippen LogP contribution in [0, 0.1) is 0 Å². The van der Waals surface area contributed by atoms with Gasteiger partial charge >= 0.3 is 0 Å². The molecule has 2 heterocycles. The van der Waals surface area contributed by atoms with E-state index in [4.69, 9.17) is 16.0 Å². The van der Waals surface area contributed by atoms with Crippen LogP contribution in [0.25, 0.3) is 0 Å². The fraction of sp³-hybridized carbons (Fsp3) is 0.143. The summed E-state index contributed by atoms with van der Waals surface area (Å²) in [5.41, 5.74) is 2.19.